The molecule has 3 rings (SSSR count). The Labute approximate surface area is 156 Å². The Morgan fingerprint density at radius 3 is 2.85 bits per heavy atom. The van der Waals surface area contributed by atoms with Crippen LogP contribution in [0.2, 0.25) is 0 Å². The lowest BCUT2D eigenvalue weighted by Crippen LogP contribution is -2.33. The van der Waals surface area contributed by atoms with Crippen molar-refractivity contribution < 1.29 is 18.7 Å². The van der Waals surface area contributed by atoms with Crippen molar-refractivity contribution in [3.8, 4) is 17.6 Å². The summed E-state index contributed by atoms with van der Waals surface area (Å²) in [5.41, 5.74) is 1.31. The van der Waals surface area contributed by atoms with Crippen LogP contribution in [0.3, 0.4) is 0 Å². The van der Waals surface area contributed by atoms with Crippen molar-refractivity contribution in [2.45, 2.75) is 45.6 Å². The molecule has 142 valence electrons. The topological polar surface area (TPSA) is 102 Å². The van der Waals surface area contributed by atoms with Gasteiger partial charge in [0.2, 0.25) is 5.91 Å². The van der Waals surface area contributed by atoms with Crippen LogP contribution in [0.15, 0.2) is 15.3 Å². The molecule has 2 heterocycles. The van der Waals surface area contributed by atoms with Crippen molar-refractivity contribution in [2.24, 2.45) is 0 Å². The van der Waals surface area contributed by atoms with Gasteiger partial charge < -0.3 is 19.2 Å². The first-order chi connectivity index (χ1) is 12.8. The lowest BCUT2D eigenvalue weighted by atomic mass is 9.91. The maximum atomic E-state index is 12.6. The molecule has 0 saturated carbocycles. The number of rotatable bonds is 4. The molecule has 0 saturated heterocycles. The van der Waals surface area contributed by atoms with E-state index in [0.29, 0.717) is 34.5 Å². The molecule has 27 heavy (non-hydrogen) atoms. The van der Waals surface area contributed by atoms with Gasteiger partial charge >= 0.3 is 5.63 Å². The Bertz CT molecular complexity index is 1010. The molecule has 0 aliphatic carbocycles. The van der Waals surface area contributed by atoms with Crippen molar-refractivity contribution in [1.82, 2.24) is 5.32 Å². The van der Waals surface area contributed by atoms with E-state index < -0.39 is 11.5 Å². The maximum Gasteiger partial charge on any atom is 0.340 e. The van der Waals surface area contributed by atoms with Crippen molar-refractivity contribution in [3.63, 3.8) is 0 Å². The van der Waals surface area contributed by atoms with Crippen LogP contribution in [0.5, 0.6) is 11.5 Å². The molecule has 0 radical (unpaired) electrons. The van der Waals surface area contributed by atoms with Gasteiger partial charge in [0, 0.05) is 11.6 Å². The summed E-state index contributed by atoms with van der Waals surface area (Å²) in [5, 5.41) is 11.7. The van der Waals surface area contributed by atoms with Gasteiger partial charge in [-0.2, -0.15) is 5.26 Å². The molecule has 1 N–H and O–H groups in total. The highest BCUT2D eigenvalue weighted by Crippen LogP contribution is 2.43. The second-order valence-electron chi connectivity index (χ2n) is 7.23. The number of methoxy groups -OCH3 is 1. The summed E-state index contributed by atoms with van der Waals surface area (Å²) in [6.07, 6.45) is 1.35. The second-order valence-corrected chi connectivity index (χ2v) is 7.23. The number of ether oxygens (including phenoxy) is 2. The zero-order valence-electron chi connectivity index (χ0n) is 15.9. The highest BCUT2D eigenvalue weighted by molar-refractivity contribution is 5.93. The Hall–Kier alpha value is -3.01. The molecule has 1 aromatic carbocycles. The number of benzene rings is 1. The number of fused-ring (bicyclic) bond motifs is 3. The second kappa shape index (κ2) is 6.95. The van der Waals surface area contributed by atoms with Crippen molar-refractivity contribution in [3.05, 3.63) is 33.2 Å². The average molecular weight is 370 g/mol. The highest BCUT2D eigenvalue weighted by atomic mass is 16.5. The molecule has 1 aliphatic rings. The summed E-state index contributed by atoms with van der Waals surface area (Å²) in [5.74, 6) is 0.771. The summed E-state index contributed by atoms with van der Waals surface area (Å²) in [7, 11) is 1.54. The zero-order valence-corrected chi connectivity index (χ0v) is 15.9. The van der Waals surface area contributed by atoms with E-state index in [2.05, 4.69) is 5.32 Å². The molecular weight excluding hydrogens is 348 g/mol. The van der Waals surface area contributed by atoms with E-state index in [9.17, 15) is 9.59 Å². The summed E-state index contributed by atoms with van der Waals surface area (Å²) >= 11 is 0. The molecule has 1 aromatic heterocycles. The Balaban J connectivity index is 2.17. The first kappa shape index (κ1) is 18.8. The number of amides is 1. The van der Waals surface area contributed by atoms with E-state index in [0.717, 1.165) is 12.0 Å². The molecule has 1 amide bonds. The molecule has 0 unspecified atom stereocenters. The van der Waals surface area contributed by atoms with Gasteiger partial charge in [-0.05, 0) is 39.2 Å². The summed E-state index contributed by atoms with van der Waals surface area (Å²) in [6, 6.07) is 3.65. The van der Waals surface area contributed by atoms with Crippen molar-refractivity contribution >= 4 is 16.9 Å². The van der Waals surface area contributed by atoms with Gasteiger partial charge in [0.05, 0.1) is 30.5 Å². The molecule has 1 aliphatic heterocycles. The molecule has 0 spiro atoms. The van der Waals surface area contributed by atoms with Gasteiger partial charge in [-0.1, -0.05) is 0 Å². The fraction of sp³-hybridized carbons (Fsp3) is 0.450. The Morgan fingerprint density at radius 1 is 1.44 bits per heavy atom. The first-order valence-electron chi connectivity index (χ1n) is 8.76. The molecule has 0 fully saturated rings. The minimum atomic E-state index is -0.563. The fourth-order valence-electron chi connectivity index (χ4n) is 3.41. The van der Waals surface area contributed by atoms with E-state index in [1.165, 1.54) is 0 Å². The third kappa shape index (κ3) is 3.47. The van der Waals surface area contributed by atoms with E-state index in [1.807, 2.05) is 26.0 Å². The van der Waals surface area contributed by atoms with Crippen molar-refractivity contribution in [1.29, 1.82) is 5.26 Å². The predicted octanol–water partition coefficient (Wildman–Crippen LogP) is 2.40. The average Bonchev–Trinajstić information content (AvgIpc) is 2.61. The van der Waals surface area contributed by atoms with Gasteiger partial charge in [0.25, 0.3) is 0 Å². The molecule has 7 heteroatoms. The number of nitrogens with one attached hydrogen (secondary N) is 1. The quantitative estimate of drug-likeness (QED) is 0.655. The lowest BCUT2D eigenvalue weighted by molar-refractivity contribution is -0.120. The normalized spacial score (nSPS) is 14.8. The van der Waals surface area contributed by atoms with Gasteiger partial charge in [-0.15, -0.1) is 0 Å². The minimum Gasteiger partial charge on any atom is -0.496 e. The number of carbonyl (C=O) groups excluding carboxylic acids is 1. The van der Waals surface area contributed by atoms with Crippen LogP contribution in [0.4, 0.5) is 0 Å². The summed E-state index contributed by atoms with van der Waals surface area (Å²) < 4.78 is 17.2. The standard InChI is InChI=1S/C20H22N2O5/c1-11-13(9-16(23)22-8-7-21)19(24)26-18-12-5-6-20(2,3)27-14(12)10-15(25-4)17(11)18/h10H,5-6,8-9H2,1-4H3,(H,22,23). The molecule has 0 atom stereocenters. The number of carbonyl (C=O) groups is 1. The van der Waals surface area contributed by atoms with E-state index in [4.69, 9.17) is 19.2 Å². The molecule has 7 nitrogen and oxygen atoms in total. The van der Waals surface area contributed by atoms with Crippen LogP contribution in [0.25, 0.3) is 11.0 Å². The Kier molecular flexibility index (Phi) is 4.83. The predicted molar refractivity (Wildman–Crippen MR) is 99.1 cm³/mol. The van der Waals surface area contributed by atoms with Gasteiger partial charge in [-0.3, -0.25) is 4.79 Å². The van der Waals surface area contributed by atoms with Crippen molar-refractivity contribution in [2.75, 3.05) is 13.7 Å². The van der Waals surface area contributed by atoms with Crippen LogP contribution in [0.1, 0.15) is 37.0 Å². The van der Waals surface area contributed by atoms with Crippen LogP contribution >= 0.6 is 0 Å². The number of nitriles is 1. The number of aryl methyl sites for hydroxylation is 2. The minimum absolute atomic E-state index is 0.110. The lowest BCUT2D eigenvalue weighted by Gasteiger charge is -2.33. The Morgan fingerprint density at radius 2 is 2.19 bits per heavy atom. The van der Waals surface area contributed by atoms with E-state index >= 15 is 0 Å². The summed E-state index contributed by atoms with van der Waals surface area (Å²) in [4.78, 5) is 24.6. The SMILES string of the molecule is COc1cc2c(c3oc(=O)c(CC(=O)NCC#N)c(C)c13)CCC(C)(C)O2. The van der Waals surface area contributed by atoms with Crippen LogP contribution < -0.4 is 20.4 Å². The number of hydrogen-bond acceptors (Lipinski definition) is 6. The smallest absolute Gasteiger partial charge is 0.340 e. The van der Waals surface area contributed by atoms with Crippen LogP contribution in [-0.4, -0.2) is 25.2 Å². The number of hydrogen-bond donors (Lipinski definition) is 1. The fourth-order valence-corrected chi connectivity index (χ4v) is 3.41. The van der Waals surface area contributed by atoms with Gasteiger partial charge in [0.15, 0.2) is 0 Å². The highest BCUT2D eigenvalue weighted by Gasteiger charge is 2.31. The molecular formula is C20H22N2O5. The molecule has 2 aromatic rings. The monoisotopic (exact) mass is 370 g/mol. The maximum absolute atomic E-state index is 12.6. The third-order valence-electron chi connectivity index (χ3n) is 4.86. The zero-order chi connectivity index (χ0) is 19.8. The number of nitrogens with zero attached hydrogens (tertiary/aromatic N) is 1. The van der Waals surface area contributed by atoms with E-state index in [-0.39, 0.29) is 24.1 Å². The van der Waals surface area contributed by atoms with Gasteiger partial charge in [-0.25, -0.2) is 4.79 Å². The van der Waals surface area contributed by atoms with Gasteiger partial charge in [0.1, 0.15) is 29.2 Å². The third-order valence-corrected chi connectivity index (χ3v) is 4.86. The van der Waals surface area contributed by atoms with Crippen LogP contribution in [-0.2, 0) is 17.6 Å². The van der Waals surface area contributed by atoms with Crippen LogP contribution in [0, 0.1) is 18.3 Å². The first-order valence-corrected chi connectivity index (χ1v) is 8.76. The largest absolute Gasteiger partial charge is 0.496 e. The summed E-state index contributed by atoms with van der Waals surface area (Å²) in [6.45, 7) is 5.68. The van der Waals surface area contributed by atoms with E-state index in [1.54, 1.807) is 14.0 Å². The molecule has 0 bridgehead atoms.